The van der Waals surface area contributed by atoms with Crippen LogP contribution in [-0.4, -0.2) is 0 Å². The molecule has 0 aliphatic rings. The zero-order valence-corrected chi connectivity index (χ0v) is 11.4. The molecule has 2 N–H and O–H groups in total. The molecule has 18 heavy (non-hydrogen) atoms. The van der Waals surface area contributed by atoms with Gasteiger partial charge in [0.15, 0.2) is 0 Å². The van der Waals surface area contributed by atoms with Gasteiger partial charge in [-0.15, -0.1) is 0 Å². The summed E-state index contributed by atoms with van der Waals surface area (Å²) in [6.45, 7) is 6.40. The molecule has 0 saturated heterocycles. The van der Waals surface area contributed by atoms with Gasteiger partial charge < -0.3 is 5.73 Å². The van der Waals surface area contributed by atoms with Gasteiger partial charge in [-0.1, -0.05) is 55.0 Å². The molecule has 1 heteroatoms. The molecule has 2 rings (SSSR count). The SMILES string of the molecule is CCC(N)c1ccc(-c2cc(C)ccc2C)cc1. The first-order valence-electron chi connectivity index (χ1n) is 6.55. The van der Waals surface area contributed by atoms with E-state index in [4.69, 9.17) is 5.73 Å². The molecule has 0 bridgehead atoms. The highest BCUT2D eigenvalue weighted by Crippen LogP contribution is 2.26. The zero-order valence-electron chi connectivity index (χ0n) is 11.4. The molecule has 0 fully saturated rings. The van der Waals surface area contributed by atoms with Gasteiger partial charge in [0.25, 0.3) is 0 Å². The topological polar surface area (TPSA) is 26.0 Å². The van der Waals surface area contributed by atoms with Crippen LogP contribution in [0.1, 0.15) is 36.1 Å². The quantitative estimate of drug-likeness (QED) is 0.845. The third-order valence-electron chi connectivity index (χ3n) is 3.48. The molecule has 0 aliphatic heterocycles. The van der Waals surface area contributed by atoms with Crippen molar-refractivity contribution in [1.82, 2.24) is 0 Å². The highest BCUT2D eigenvalue weighted by atomic mass is 14.6. The summed E-state index contributed by atoms with van der Waals surface area (Å²) in [5.74, 6) is 0. The van der Waals surface area contributed by atoms with Crippen LogP contribution < -0.4 is 5.73 Å². The van der Waals surface area contributed by atoms with Crippen LogP contribution in [0, 0.1) is 13.8 Å². The maximum Gasteiger partial charge on any atom is 0.0292 e. The second-order valence-corrected chi connectivity index (χ2v) is 4.96. The highest BCUT2D eigenvalue weighted by Gasteiger charge is 2.05. The van der Waals surface area contributed by atoms with Crippen molar-refractivity contribution in [2.75, 3.05) is 0 Å². The normalized spacial score (nSPS) is 12.4. The first kappa shape index (κ1) is 12.8. The number of aryl methyl sites for hydroxylation is 2. The van der Waals surface area contributed by atoms with Crippen LogP contribution in [0.3, 0.4) is 0 Å². The monoisotopic (exact) mass is 239 g/mol. The van der Waals surface area contributed by atoms with E-state index in [-0.39, 0.29) is 6.04 Å². The summed E-state index contributed by atoms with van der Waals surface area (Å²) in [6.07, 6.45) is 0.975. The van der Waals surface area contributed by atoms with Gasteiger partial charge in [0.2, 0.25) is 0 Å². The Bertz CT molecular complexity index is 526. The fraction of sp³-hybridized carbons (Fsp3) is 0.294. The number of hydrogen-bond donors (Lipinski definition) is 1. The summed E-state index contributed by atoms with van der Waals surface area (Å²) in [4.78, 5) is 0. The van der Waals surface area contributed by atoms with Crippen molar-refractivity contribution >= 4 is 0 Å². The Hall–Kier alpha value is -1.60. The lowest BCUT2D eigenvalue weighted by Crippen LogP contribution is -2.08. The second kappa shape index (κ2) is 5.36. The van der Waals surface area contributed by atoms with Gasteiger partial charge in [0.1, 0.15) is 0 Å². The summed E-state index contributed by atoms with van der Waals surface area (Å²) < 4.78 is 0. The smallest absolute Gasteiger partial charge is 0.0292 e. The Balaban J connectivity index is 2.37. The largest absolute Gasteiger partial charge is 0.324 e. The molecular weight excluding hydrogens is 218 g/mol. The van der Waals surface area contributed by atoms with Crippen molar-refractivity contribution in [3.63, 3.8) is 0 Å². The minimum Gasteiger partial charge on any atom is -0.324 e. The Morgan fingerprint density at radius 2 is 1.67 bits per heavy atom. The van der Waals surface area contributed by atoms with Crippen molar-refractivity contribution in [3.05, 3.63) is 59.2 Å². The third-order valence-corrected chi connectivity index (χ3v) is 3.48. The Labute approximate surface area is 110 Å². The molecule has 1 nitrogen and oxygen atoms in total. The third kappa shape index (κ3) is 2.62. The molecule has 1 atom stereocenters. The van der Waals surface area contributed by atoms with E-state index in [9.17, 15) is 0 Å². The van der Waals surface area contributed by atoms with E-state index in [0.29, 0.717) is 0 Å². The van der Waals surface area contributed by atoms with Crippen LogP contribution in [0.15, 0.2) is 42.5 Å². The van der Waals surface area contributed by atoms with E-state index < -0.39 is 0 Å². The minimum atomic E-state index is 0.151. The average Bonchev–Trinajstić information content (AvgIpc) is 2.41. The molecular formula is C17H21N. The van der Waals surface area contributed by atoms with Crippen LogP contribution in [0.5, 0.6) is 0 Å². The van der Waals surface area contributed by atoms with Crippen molar-refractivity contribution in [1.29, 1.82) is 0 Å². The molecule has 0 aromatic heterocycles. The molecule has 2 aromatic rings. The standard InChI is InChI=1S/C17H21N/c1-4-17(18)15-9-7-14(8-10-15)16-11-12(2)5-6-13(16)3/h5-11,17H,4,18H2,1-3H3. The Morgan fingerprint density at radius 1 is 1.00 bits per heavy atom. The van der Waals surface area contributed by atoms with Crippen molar-refractivity contribution in [3.8, 4) is 11.1 Å². The molecule has 2 aromatic carbocycles. The average molecular weight is 239 g/mol. The van der Waals surface area contributed by atoms with Crippen LogP contribution in [0.4, 0.5) is 0 Å². The van der Waals surface area contributed by atoms with E-state index in [2.05, 4.69) is 63.2 Å². The molecule has 0 amide bonds. The van der Waals surface area contributed by atoms with Gasteiger partial charge in [0, 0.05) is 6.04 Å². The summed E-state index contributed by atoms with van der Waals surface area (Å²) in [6, 6.07) is 15.4. The van der Waals surface area contributed by atoms with Gasteiger partial charge in [-0.3, -0.25) is 0 Å². The first-order chi connectivity index (χ1) is 8.61. The van der Waals surface area contributed by atoms with Gasteiger partial charge in [-0.05, 0) is 42.5 Å². The molecule has 0 heterocycles. The van der Waals surface area contributed by atoms with Gasteiger partial charge >= 0.3 is 0 Å². The van der Waals surface area contributed by atoms with Crippen LogP contribution in [0.2, 0.25) is 0 Å². The predicted molar refractivity (Wildman–Crippen MR) is 78.6 cm³/mol. The lowest BCUT2D eigenvalue weighted by molar-refractivity contribution is 0.699. The summed E-state index contributed by atoms with van der Waals surface area (Å²) in [5.41, 5.74) is 12.4. The number of hydrogen-bond acceptors (Lipinski definition) is 1. The van der Waals surface area contributed by atoms with E-state index in [1.807, 2.05) is 0 Å². The minimum absolute atomic E-state index is 0.151. The molecule has 0 aliphatic carbocycles. The maximum absolute atomic E-state index is 6.04. The van der Waals surface area contributed by atoms with Gasteiger partial charge in [-0.25, -0.2) is 0 Å². The lowest BCUT2D eigenvalue weighted by Gasteiger charge is -2.11. The van der Waals surface area contributed by atoms with Crippen LogP contribution >= 0.6 is 0 Å². The zero-order chi connectivity index (χ0) is 13.1. The molecule has 0 radical (unpaired) electrons. The Morgan fingerprint density at radius 3 is 2.28 bits per heavy atom. The summed E-state index contributed by atoms with van der Waals surface area (Å²) >= 11 is 0. The lowest BCUT2D eigenvalue weighted by atomic mass is 9.96. The van der Waals surface area contributed by atoms with E-state index in [1.54, 1.807) is 0 Å². The fourth-order valence-electron chi connectivity index (χ4n) is 2.19. The Kier molecular flexibility index (Phi) is 3.83. The summed E-state index contributed by atoms with van der Waals surface area (Å²) in [7, 11) is 0. The molecule has 0 spiro atoms. The van der Waals surface area contributed by atoms with Gasteiger partial charge in [0.05, 0.1) is 0 Å². The number of nitrogens with two attached hydrogens (primary N) is 1. The maximum atomic E-state index is 6.04. The van der Waals surface area contributed by atoms with Gasteiger partial charge in [-0.2, -0.15) is 0 Å². The van der Waals surface area contributed by atoms with Crippen molar-refractivity contribution < 1.29 is 0 Å². The predicted octanol–water partition coefficient (Wildman–Crippen LogP) is 4.38. The summed E-state index contributed by atoms with van der Waals surface area (Å²) in [5, 5.41) is 0. The van der Waals surface area contributed by atoms with Crippen molar-refractivity contribution in [2.45, 2.75) is 33.2 Å². The van der Waals surface area contributed by atoms with E-state index in [1.165, 1.54) is 27.8 Å². The van der Waals surface area contributed by atoms with Crippen LogP contribution in [0.25, 0.3) is 11.1 Å². The van der Waals surface area contributed by atoms with Crippen LogP contribution in [-0.2, 0) is 0 Å². The highest BCUT2D eigenvalue weighted by molar-refractivity contribution is 5.68. The van der Waals surface area contributed by atoms with E-state index >= 15 is 0 Å². The van der Waals surface area contributed by atoms with Crippen molar-refractivity contribution in [2.24, 2.45) is 5.73 Å². The molecule has 94 valence electrons. The van der Waals surface area contributed by atoms with E-state index in [0.717, 1.165) is 6.42 Å². The second-order valence-electron chi connectivity index (χ2n) is 4.96. The molecule has 1 unspecified atom stereocenters. The fourth-order valence-corrected chi connectivity index (χ4v) is 2.19. The first-order valence-corrected chi connectivity index (χ1v) is 6.55. The molecule has 0 saturated carbocycles. The number of benzene rings is 2. The number of rotatable bonds is 3.